The van der Waals surface area contributed by atoms with E-state index >= 15 is 0 Å². The zero-order valence-corrected chi connectivity index (χ0v) is 27.9. The van der Waals surface area contributed by atoms with Gasteiger partial charge in [-0.1, -0.05) is 72.8 Å². The Morgan fingerprint density at radius 3 is 2.10 bits per heavy atom. The second kappa shape index (κ2) is 14.6. The molecule has 1 aliphatic heterocycles. The smallest absolute Gasteiger partial charge is 0.273 e. The molecule has 48 heavy (non-hydrogen) atoms. The number of methoxy groups -OCH3 is 2. The maximum Gasteiger partial charge on any atom is 0.273 e. The van der Waals surface area contributed by atoms with Crippen molar-refractivity contribution in [3.8, 4) is 23.3 Å². The first-order chi connectivity index (χ1) is 23.4. The highest BCUT2D eigenvalue weighted by Gasteiger charge is 2.30. The van der Waals surface area contributed by atoms with E-state index in [0.717, 1.165) is 16.9 Å². The number of aryl methyl sites for hydroxylation is 1. The molecule has 1 saturated heterocycles. The summed E-state index contributed by atoms with van der Waals surface area (Å²) in [5.41, 5.74) is 4.20. The molecule has 4 aromatic carbocycles. The van der Waals surface area contributed by atoms with E-state index in [1.807, 2.05) is 73.7 Å². The number of benzene rings is 4. The molecule has 0 radical (unpaired) electrons. The third-order valence-electron chi connectivity index (χ3n) is 8.55. The Morgan fingerprint density at radius 1 is 0.854 bits per heavy atom. The summed E-state index contributed by atoms with van der Waals surface area (Å²) in [6, 6.07) is 35.8. The highest BCUT2D eigenvalue weighted by molar-refractivity contribution is 7.07. The first kappa shape index (κ1) is 32.5. The van der Waals surface area contributed by atoms with Crippen molar-refractivity contribution in [1.29, 1.82) is 5.26 Å². The Balaban J connectivity index is 1.39. The Kier molecular flexibility index (Phi) is 9.86. The van der Waals surface area contributed by atoms with Gasteiger partial charge in [0.05, 0.1) is 30.5 Å². The standard InChI is InChI=1S/C39H36N4O4S/c1-27-11-10-16-31(23-27)43-38(45)35(24-30-17-18-32(46-2)25-34(30)47-3)48-39(43)33(26-40)37(44)42-21-19-41(20-22-42)36(28-12-6-4-7-13-28)29-14-8-5-9-15-29/h4-18,23-25,36H,19-22H2,1-3H3. The summed E-state index contributed by atoms with van der Waals surface area (Å²) >= 11 is 1.13. The van der Waals surface area contributed by atoms with E-state index in [-0.39, 0.29) is 23.1 Å². The van der Waals surface area contributed by atoms with Gasteiger partial charge in [-0.15, -0.1) is 11.3 Å². The van der Waals surface area contributed by atoms with Crippen LogP contribution in [0.15, 0.2) is 108 Å². The molecule has 1 aromatic heterocycles. The molecule has 1 fully saturated rings. The summed E-state index contributed by atoms with van der Waals surface area (Å²) in [6.45, 7) is 4.09. The number of carbonyl (C=O) groups is 1. The Labute approximate surface area is 283 Å². The number of thiazole rings is 1. The Bertz CT molecular complexity index is 2100. The van der Waals surface area contributed by atoms with Crippen molar-refractivity contribution in [1.82, 2.24) is 14.4 Å². The lowest BCUT2D eigenvalue weighted by Crippen LogP contribution is -2.50. The maximum absolute atomic E-state index is 14.1. The number of hydrogen-bond acceptors (Lipinski definition) is 7. The molecular formula is C39H36N4O4S. The van der Waals surface area contributed by atoms with Crippen molar-refractivity contribution in [2.45, 2.75) is 13.0 Å². The number of aromatic nitrogens is 1. The first-order valence-corrected chi connectivity index (χ1v) is 16.5. The molecule has 1 amide bonds. The minimum absolute atomic E-state index is 0.0425. The minimum Gasteiger partial charge on any atom is -0.497 e. The van der Waals surface area contributed by atoms with E-state index in [1.165, 1.54) is 15.7 Å². The highest BCUT2D eigenvalue weighted by Crippen LogP contribution is 2.30. The predicted molar refractivity (Wildman–Crippen MR) is 189 cm³/mol. The number of nitrogens with zero attached hydrogens (tertiary/aromatic N) is 4. The lowest BCUT2D eigenvalue weighted by atomic mass is 9.96. The van der Waals surface area contributed by atoms with Crippen LogP contribution in [0.4, 0.5) is 0 Å². The molecule has 0 bridgehead atoms. The van der Waals surface area contributed by atoms with E-state index < -0.39 is 0 Å². The first-order valence-electron chi connectivity index (χ1n) is 15.7. The van der Waals surface area contributed by atoms with Crippen molar-refractivity contribution in [3.05, 3.63) is 145 Å². The van der Waals surface area contributed by atoms with Crippen LogP contribution in [-0.4, -0.2) is 60.7 Å². The van der Waals surface area contributed by atoms with Crippen LogP contribution in [0.5, 0.6) is 11.5 Å². The Morgan fingerprint density at radius 2 is 1.52 bits per heavy atom. The van der Waals surface area contributed by atoms with Crippen LogP contribution >= 0.6 is 11.3 Å². The number of nitriles is 1. The summed E-state index contributed by atoms with van der Waals surface area (Å²) in [5, 5.41) is 10.5. The normalized spacial score (nSPS) is 14.5. The number of ether oxygens (including phenoxy) is 2. The number of hydrogen-bond donors (Lipinski definition) is 0. The largest absolute Gasteiger partial charge is 0.497 e. The van der Waals surface area contributed by atoms with Crippen LogP contribution < -0.4 is 24.2 Å². The van der Waals surface area contributed by atoms with E-state index in [0.29, 0.717) is 58.1 Å². The zero-order valence-electron chi connectivity index (χ0n) is 27.1. The van der Waals surface area contributed by atoms with Gasteiger partial charge in [0.2, 0.25) is 0 Å². The van der Waals surface area contributed by atoms with Gasteiger partial charge in [-0.05, 0) is 54.0 Å². The summed E-state index contributed by atoms with van der Waals surface area (Å²) in [5.74, 6) is 0.774. The fraction of sp³-hybridized carbons (Fsp3) is 0.205. The average molecular weight is 657 g/mol. The summed E-state index contributed by atoms with van der Waals surface area (Å²) in [4.78, 5) is 32.3. The van der Waals surface area contributed by atoms with Crippen molar-refractivity contribution in [2.24, 2.45) is 0 Å². The molecule has 242 valence electrons. The molecule has 0 aliphatic carbocycles. The molecule has 0 N–H and O–H groups in total. The van der Waals surface area contributed by atoms with Crippen LogP contribution in [0.2, 0.25) is 0 Å². The molecule has 0 spiro atoms. The fourth-order valence-electron chi connectivity index (χ4n) is 6.14. The van der Waals surface area contributed by atoms with Gasteiger partial charge in [0, 0.05) is 37.8 Å². The number of amides is 1. The molecule has 8 nitrogen and oxygen atoms in total. The highest BCUT2D eigenvalue weighted by atomic mass is 32.1. The molecular weight excluding hydrogens is 621 g/mol. The monoisotopic (exact) mass is 656 g/mol. The Hall–Kier alpha value is -5.43. The van der Waals surface area contributed by atoms with Gasteiger partial charge < -0.3 is 14.4 Å². The molecule has 0 saturated carbocycles. The van der Waals surface area contributed by atoms with Crippen molar-refractivity contribution < 1.29 is 14.3 Å². The molecule has 5 aromatic rings. The molecule has 6 rings (SSSR count). The van der Waals surface area contributed by atoms with Crippen molar-refractivity contribution in [2.75, 3.05) is 40.4 Å². The third-order valence-corrected chi connectivity index (χ3v) is 9.64. The van der Waals surface area contributed by atoms with Gasteiger partial charge in [0.25, 0.3) is 11.5 Å². The third kappa shape index (κ3) is 6.67. The van der Waals surface area contributed by atoms with Crippen LogP contribution in [0.25, 0.3) is 17.3 Å². The van der Waals surface area contributed by atoms with Gasteiger partial charge in [-0.3, -0.25) is 19.1 Å². The lowest BCUT2D eigenvalue weighted by molar-refractivity contribution is -0.126. The summed E-state index contributed by atoms with van der Waals surface area (Å²) in [7, 11) is 3.13. The molecule has 0 unspecified atom stereocenters. The zero-order chi connectivity index (χ0) is 33.6. The SMILES string of the molecule is COc1ccc(C=c2sc(=C(C#N)C(=O)N3CCN(C(c4ccccc4)c4ccccc4)CC3)n(-c3cccc(C)c3)c2=O)c(OC)c1. The van der Waals surface area contributed by atoms with Gasteiger partial charge in [0.1, 0.15) is 22.2 Å². The van der Waals surface area contributed by atoms with Gasteiger partial charge in [0.15, 0.2) is 5.57 Å². The van der Waals surface area contributed by atoms with Crippen molar-refractivity contribution in [3.63, 3.8) is 0 Å². The maximum atomic E-state index is 14.1. The quantitative estimate of drug-likeness (QED) is 0.242. The molecule has 0 atom stereocenters. The second-order valence-corrected chi connectivity index (χ2v) is 12.6. The predicted octanol–water partition coefficient (Wildman–Crippen LogP) is 4.66. The van der Waals surface area contributed by atoms with E-state index in [2.05, 4.69) is 35.2 Å². The van der Waals surface area contributed by atoms with Crippen molar-refractivity contribution >= 4 is 28.9 Å². The van der Waals surface area contributed by atoms with E-state index in [1.54, 1.807) is 37.3 Å². The molecule has 9 heteroatoms. The van der Waals surface area contributed by atoms with E-state index in [9.17, 15) is 14.9 Å². The summed E-state index contributed by atoms with van der Waals surface area (Å²) < 4.78 is 13.0. The van der Waals surface area contributed by atoms with Crippen LogP contribution in [-0.2, 0) is 4.79 Å². The van der Waals surface area contributed by atoms with Gasteiger partial charge in [-0.2, -0.15) is 5.26 Å². The molecule has 1 aliphatic rings. The van der Waals surface area contributed by atoms with Gasteiger partial charge >= 0.3 is 0 Å². The topological polar surface area (TPSA) is 87.8 Å². The summed E-state index contributed by atoms with van der Waals surface area (Å²) in [6.07, 6.45) is 1.73. The van der Waals surface area contributed by atoms with Crippen LogP contribution in [0.1, 0.15) is 28.3 Å². The lowest BCUT2D eigenvalue weighted by Gasteiger charge is -2.39. The average Bonchev–Trinajstić information content (AvgIpc) is 3.44. The van der Waals surface area contributed by atoms with Crippen LogP contribution in [0.3, 0.4) is 0 Å². The molecule has 2 heterocycles. The van der Waals surface area contributed by atoms with E-state index in [4.69, 9.17) is 9.47 Å². The number of rotatable bonds is 8. The minimum atomic E-state index is -0.385. The number of piperazine rings is 1. The second-order valence-electron chi connectivity index (χ2n) is 11.5. The van der Waals surface area contributed by atoms with Gasteiger partial charge in [-0.25, -0.2) is 0 Å². The number of carbonyl (C=O) groups excluding carboxylic acids is 1. The van der Waals surface area contributed by atoms with Crippen LogP contribution in [0, 0.1) is 18.3 Å². The fourth-order valence-corrected chi connectivity index (χ4v) is 7.23.